The minimum atomic E-state index is -2.80. The highest BCUT2D eigenvalue weighted by atomic mass is 16.5. The molecule has 1 saturated heterocycles. The Hall–Kier alpha value is -11.9. The number of rotatable bonds is 33. The number of unbranched alkanes of at least 4 members (excludes halogenated alkanes) is 3. The molecule has 1 aliphatic rings. The van der Waals surface area contributed by atoms with Crippen molar-refractivity contribution in [3.05, 3.63) is 36.0 Å². The van der Waals surface area contributed by atoms with Crippen molar-refractivity contribution in [1.82, 2.24) is 73.7 Å². The van der Waals surface area contributed by atoms with Crippen LogP contribution < -0.4 is 81.0 Å². The number of aromatic nitrogens is 1. The van der Waals surface area contributed by atoms with E-state index in [2.05, 4.69) is 63.0 Å². The number of H-pyrrole nitrogens is 1. The summed E-state index contributed by atoms with van der Waals surface area (Å²) in [6.45, 7) is 9.48. The first-order valence-electron chi connectivity index (χ1n) is 36.8. The van der Waals surface area contributed by atoms with Gasteiger partial charge in [-0.25, -0.2) is 9.59 Å². The molecule has 3 rings (SSSR count). The molecule has 1 fully saturated rings. The Balaban J connectivity index is 0.0000107. The van der Waals surface area contributed by atoms with Crippen LogP contribution in [0.2, 0.25) is 0 Å². The topological polar surface area (TPSA) is 693 Å². The largest absolute Gasteiger partial charge is 0.481 e. The number of para-hydroxylation sites is 1. The normalized spacial score (nSPS) is 21.2. The molecule has 0 radical (unpaired) electrons. The number of nitrogens with zero attached hydrogens (tertiary/aromatic N) is 1. The monoisotopic (exact) mass is 1620 g/mol. The van der Waals surface area contributed by atoms with Crippen LogP contribution in [0, 0.1) is 17.8 Å². The lowest BCUT2D eigenvalue weighted by molar-refractivity contribution is -0.159. The highest BCUT2D eigenvalue weighted by molar-refractivity contribution is 6.02. The molecule has 43 heteroatoms. The van der Waals surface area contributed by atoms with Crippen LogP contribution >= 0.6 is 0 Å². The van der Waals surface area contributed by atoms with Crippen LogP contribution in [0.4, 0.5) is 0 Å². The smallest absolute Gasteiger partial charge is 0.335 e. The number of nitrogens with two attached hydrogens (primary N) is 3. The van der Waals surface area contributed by atoms with Crippen LogP contribution in [0.1, 0.15) is 151 Å². The lowest BCUT2D eigenvalue weighted by Gasteiger charge is -2.32. The van der Waals surface area contributed by atoms with Crippen molar-refractivity contribution in [2.45, 2.75) is 224 Å². The number of carboxylic acids is 4. The second-order valence-corrected chi connectivity index (χ2v) is 27.8. The van der Waals surface area contributed by atoms with Crippen molar-refractivity contribution < 1.29 is 126 Å². The Labute approximate surface area is 655 Å². The second kappa shape index (κ2) is 49.5. The number of fused-ring (bicyclic) bond motifs is 1. The van der Waals surface area contributed by atoms with Crippen LogP contribution in [0.25, 0.3) is 10.9 Å². The zero-order chi connectivity index (χ0) is 86.4. The fourth-order valence-electron chi connectivity index (χ4n) is 11.1. The summed E-state index contributed by atoms with van der Waals surface area (Å²) >= 11 is 0. The molecular formula is C71H109N17O26. The van der Waals surface area contributed by atoms with E-state index in [-0.39, 0.29) is 19.3 Å². The number of aliphatic hydroxyl groups is 1. The molecule has 634 valence electrons. The average molecular weight is 1620 g/mol. The molecule has 14 unspecified atom stereocenters. The van der Waals surface area contributed by atoms with Crippen LogP contribution in [-0.2, 0) is 107 Å². The Morgan fingerprint density at radius 1 is 0.588 bits per heavy atom. The number of aliphatic carboxylic acids is 4. The number of ether oxygens (including phenoxy) is 1. The molecule has 2 aromatic rings. The maximum atomic E-state index is 14.9. The van der Waals surface area contributed by atoms with E-state index in [9.17, 15) is 121 Å². The molecule has 14 atom stereocenters. The summed E-state index contributed by atoms with van der Waals surface area (Å²) in [6.07, 6.45) is -4.22. The standard InChI is InChI=1S/C68H100N16O26.C3H9N/c1-9-32(4)54-68(109)110-35(7)55(83-63(103)42(25-45(70)86)79-60(100)39(20-21-50(91)92)77-61(101)40(23-36-27-71-38-18-15-14-17-37(36)38)75-46(87)19-13-11-10-12-16-31(2)3)66(106)84(8)30-49(90)74-34(6)58(98)78-43(26-52(95)96)59(99)72-29-48(89)80-56(57(97)67(107)108)64(104)73-28-47(88)76-41(24-44(69)85)62(102)81-53(65(105)82-54)33(5)22-51(93)94;1-2-3-4/h14-15,17-18,27,31-35,39-43,53-57,71,97H,9-13,16,19-26,28-30H2,1-8H3,(H2,69,85)(H2,70,86)(H,72,99)(H,73,104)(H,74,90)(H,75,87)(H,76,88)(H,77,101)(H,78,98)(H,79,100)(H,80,89)(H,81,102)(H,82,105)(H,83,103)(H,91,92)(H,93,94)(H,95,96)(H,107,108);2-4H2,1H3. The molecule has 1 aliphatic heterocycles. The number of nitrogens with one attached hydrogen (secondary N) is 13. The van der Waals surface area contributed by atoms with Gasteiger partial charge in [0.25, 0.3) is 0 Å². The molecule has 0 saturated carbocycles. The summed E-state index contributed by atoms with van der Waals surface area (Å²) in [6, 6.07) is -13.1. The van der Waals surface area contributed by atoms with Gasteiger partial charge in [-0.3, -0.25) is 86.3 Å². The number of aliphatic hydroxyl groups excluding tert-OH is 1. The number of aromatic amines is 1. The molecule has 0 bridgehead atoms. The highest BCUT2D eigenvalue weighted by Gasteiger charge is 2.42. The predicted molar refractivity (Wildman–Crippen MR) is 399 cm³/mol. The molecule has 24 N–H and O–H groups in total. The minimum Gasteiger partial charge on any atom is -0.481 e. The van der Waals surface area contributed by atoms with Gasteiger partial charge in [-0.15, -0.1) is 0 Å². The predicted octanol–water partition coefficient (Wildman–Crippen LogP) is -5.74. The quantitative estimate of drug-likeness (QED) is 0.0234. The molecule has 0 aliphatic carbocycles. The second-order valence-electron chi connectivity index (χ2n) is 27.8. The van der Waals surface area contributed by atoms with Crippen LogP contribution in [0.15, 0.2) is 30.5 Å². The van der Waals surface area contributed by atoms with Gasteiger partial charge >= 0.3 is 29.8 Å². The van der Waals surface area contributed by atoms with Crippen molar-refractivity contribution in [3.63, 3.8) is 0 Å². The number of carboxylic acid groups (broad SMARTS) is 4. The van der Waals surface area contributed by atoms with Crippen LogP contribution in [0.5, 0.6) is 0 Å². The van der Waals surface area contributed by atoms with E-state index in [1.54, 1.807) is 35.8 Å². The highest BCUT2D eigenvalue weighted by Crippen LogP contribution is 2.21. The van der Waals surface area contributed by atoms with Gasteiger partial charge in [0.15, 0.2) is 6.10 Å². The van der Waals surface area contributed by atoms with Crippen molar-refractivity contribution in [1.29, 1.82) is 0 Å². The number of hydrogen-bond donors (Lipinski definition) is 21. The van der Waals surface area contributed by atoms with Gasteiger partial charge < -0.3 is 121 Å². The maximum absolute atomic E-state index is 14.9. The number of likely N-dealkylation sites (N-methyl/N-ethyl adjacent to an activating group) is 1. The summed E-state index contributed by atoms with van der Waals surface area (Å²) < 4.78 is 5.77. The van der Waals surface area contributed by atoms with Crippen LogP contribution in [-0.4, -0.2) is 260 Å². The number of hydrogen-bond acceptors (Lipinski definition) is 23. The zero-order valence-corrected chi connectivity index (χ0v) is 65.0. The third kappa shape index (κ3) is 35.2. The first-order valence-corrected chi connectivity index (χ1v) is 36.8. The van der Waals surface area contributed by atoms with E-state index in [0.29, 0.717) is 40.1 Å². The molecule has 43 nitrogen and oxygen atoms in total. The molecule has 15 amide bonds. The zero-order valence-electron chi connectivity index (χ0n) is 65.0. The molecule has 0 spiro atoms. The average Bonchev–Trinajstić information content (AvgIpc) is 1.79. The summed E-state index contributed by atoms with van der Waals surface area (Å²) in [5.41, 5.74) is 17.2. The number of carbonyl (C=O) groups excluding carboxylic acids is 16. The summed E-state index contributed by atoms with van der Waals surface area (Å²) in [5.74, 6) is -29.9. The molecular weight excluding hydrogens is 1510 g/mol. The minimum absolute atomic E-state index is 0.00164. The summed E-state index contributed by atoms with van der Waals surface area (Å²) in [7, 11) is 0.932. The van der Waals surface area contributed by atoms with Gasteiger partial charge in [0.2, 0.25) is 88.6 Å². The van der Waals surface area contributed by atoms with Gasteiger partial charge in [0, 0.05) is 43.4 Å². The maximum Gasteiger partial charge on any atom is 0.335 e. The van der Waals surface area contributed by atoms with Crippen molar-refractivity contribution in [2.75, 3.05) is 33.2 Å². The van der Waals surface area contributed by atoms with E-state index in [1.165, 1.54) is 13.8 Å². The first kappa shape index (κ1) is 98.2. The van der Waals surface area contributed by atoms with Gasteiger partial charge in [-0.2, -0.15) is 0 Å². The number of benzene rings is 1. The Morgan fingerprint density at radius 3 is 1.75 bits per heavy atom. The Morgan fingerprint density at radius 2 is 1.18 bits per heavy atom. The number of esters is 1. The van der Waals surface area contributed by atoms with Crippen molar-refractivity contribution in [3.8, 4) is 0 Å². The van der Waals surface area contributed by atoms with Crippen molar-refractivity contribution in [2.24, 2.45) is 35.0 Å². The molecule has 114 heavy (non-hydrogen) atoms. The van der Waals surface area contributed by atoms with Crippen LogP contribution in [0.3, 0.4) is 0 Å². The summed E-state index contributed by atoms with van der Waals surface area (Å²) in [5, 5.41) is 75.9. The molecule has 2 heterocycles. The van der Waals surface area contributed by atoms with Gasteiger partial charge in [-0.05, 0) is 69.0 Å². The fourth-order valence-corrected chi connectivity index (χ4v) is 11.1. The van der Waals surface area contributed by atoms with Gasteiger partial charge in [-0.1, -0.05) is 91.8 Å². The van der Waals surface area contributed by atoms with E-state index in [1.807, 2.05) is 21.3 Å². The lowest BCUT2D eigenvalue weighted by Crippen LogP contribution is -2.62. The SMILES string of the molecule is CCC(C)C1NC(=O)C(C(C)CC(=O)O)NC(=O)C(CC(N)=O)NC(=O)CNC(=O)C(C(O)C(=O)O)NC(=O)CNC(=O)C(CC(=O)O)NC(=O)C(C)NC(=O)CN(C)C(=O)C(NC(=O)C(CC(N)=O)NC(=O)C(CCC(=O)O)NC(=O)C(Cc2c[nH]c3ccccc23)NC(=O)CCCCCCC(C)C)C(C)OC1=O.CCCN. The molecule has 1 aromatic carbocycles. The molecule has 1 aromatic heterocycles. The van der Waals surface area contributed by atoms with Gasteiger partial charge in [0.1, 0.15) is 66.5 Å². The Bertz CT molecular complexity index is 3760. The van der Waals surface area contributed by atoms with E-state index in [4.69, 9.17) is 21.9 Å². The van der Waals surface area contributed by atoms with E-state index in [0.717, 1.165) is 60.0 Å². The fraction of sp³-hybridized carbons (Fsp3) is 0.606. The third-order valence-corrected chi connectivity index (χ3v) is 17.6. The lowest BCUT2D eigenvalue weighted by atomic mass is 9.94. The van der Waals surface area contributed by atoms with Gasteiger partial charge in [0.05, 0.1) is 45.3 Å². The summed E-state index contributed by atoms with van der Waals surface area (Å²) in [4.78, 5) is 273. The number of cyclic esters (lactones) is 1. The number of amides is 15. The van der Waals surface area contributed by atoms with E-state index >= 15 is 0 Å². The van der Waals surface area contributed by atoms with E-state index < -0.39 is 261 Å². The number of carbonyl (C=O) groups is 20. The first-order chi connectivity index (χ1) is 53.4. The number of primary amides is 2. The third-order valence-electron chi connectivity index (χ3n) is 17.6. The Kier molecular flexibility index (Phi) is 42.6. The van der Waals surface area contributed by atoms with Crippen molar-refractivity contribution >= 4 is 129 Å².